The number of hydrogen-bond acceptors (Lipinski definition) is 4. The summed E-state index contributed by atoms with van der Waals surface area (Å²) >= 11 is 0. The predicted molar refractivity (Wildman–Crippen MR) is 70.3 cm³/mol. The van der Waals surface area contributed by atoms with Crippen LogP contribution in [-0.2, 0) is 10.0 Å². The van der Waals surface area contributed by atoms with E-state index in [1.165, 1.54) is 18.9 Å². The number of nitrogens with one attached hydrogen (secondary N) is 1. The fourth-order valence-corrected chi connectivity index (χ4v) is 3.88. The highest BCUT2D eigenvalue weighted by atomic mass is 32.2. The minimum absolute atomic E-state index is 0.134. The highest BCUT2D eigenvalue weighted by Crippen LogP contribution is 2.29. The normalized spacial score (nSPS) is 20.6. The number of hydrogen-bond donors (Lipinski definition) is 1. The molecule has 1 fully saturated rings. The quantitative estimate of drug-likeness (QED) is 0.816. The van der Waals surface area contributed by atoms with Crippen molar-refractivity contribution >= 4 is 15.9 Å². The van der Waals surface area contributed by atoms with E-state index in [2.05, 4.69) is 5.32 Å². The van der Waals surface area contributed by atoms with E-state index >= 15 is 0 Å². The van der Waals surface area contributed by atoms with Crippen LogP contribution in [0.25, 0.3) is 0 Å². The molecule has 0 radical (unpaired) electrons. The molecule has 102 valence electrons. The molecule has 6 heteroatoms. The van der Waals surface area contributed by atoms with Gasteiger partial charge >= 0.3 is 0 Å². The number of fused-ring (bicyclic) bond motifs is 1. The van der Waals surface area contributed by atoms with Crippen molar-refractivity contribution in [3.63, 3.8) is 0 Å². The molecule has 1 amide bonds. The Hall–Kier alpha value is -1.40. The molecule has 0 unspecified atom stereocenters. The van der Waals surface area contributed by atoms with Gasteiger partial charge in [-0.25, -0.2) is 12.7 Å². The van der Waals surface area contributed by atoms with E-state index in [4.69, 9.17) is 0 Å². The number of rotatable bonds is 5. The Morgan fingerprint density at radius 2 is 2.00 bits per heavy atom. The molecule has 1 saturated carbocycles. The second-order valence-electron chi connectivity index (χ2n) is 4.96. The van der Waals surface area contributed by atoms with Crippen molar-refractivity contribution in [1.82, 2.24) is 9.62 Å². The fraction of sp³-hybridized carbons (Fsp3) is 0.462. The van der Waals surface area contributed by atoms with Gasteiger partial charge in [0.05, 0.1) is 5.56 Å². The number of carbonyl (C=O) groups is 1. The van der Waals surface area contributed by atoms with Gasteiger partial charge in [-0.2, -0.15) is 0 Å². The van der Waals surface area contributed by atoms with Gasteiger partial charge in [0.1, 0.15) is 4.90 Å². The fourth-order valence-electron chi connectivity index (χ4n) is 2.27. The first-order valence-electron chi connectivity index (χ1n) is 6.50. The zero-order valence-corrected chi connectivity index (χ0v) is 11.3. The molecule has 1 aromatic carbocycles. The number of carbonyl (C=O) groups excluding carboxylic acids is 1. The van der Waals surface area contributed by atoms with Crippen molar-refractivity contribution in [1.29, 1.82) is 0 Å². The summed E-state index contributed by atoms with van der Waals surface area (Å²) in [5.41, 5.74) is 0.289. The summed E-state index contributed by atoms with van der Waals surface area (Å²) in [6, 6.07) is 6.98. The first kappa shape index (κ1) is 12.6. The second-order valence-corrected chi connectivity index (χ2v) is 6.79. The third kappa shape index (κ3) is 2.26. The lowest BCUT2D eigenvalue weighted by molar-refractivity contribution is 0.0870. The Morgan fingerprint density at radius 3 is 2.68 bits per heavy atom. The van der Waals surface area contributed by atoms with E-state index in [0.717, 1.165) is 10.8 Å². The smallest absolute Gasteiger partial charge is 0.269 e. The Morgan fingerprint density at radius 1 is 1.26 bits per heavy atom. The SMILES string of the molecule is O=C1c2ccccc2S(=O)(=O)N1CCCNC1CC1. The molecule has 0 atom stereocenters. The van der Waals surface area contributed by atoms with Gasteiger partial charge in [0, 0.05) is 12.6 Å². The maximum atomic E-state index is 12.2. The molecule has 2 aliphatic rings. The highest BCUT2D eigenvalue weighted by molar-refractivity contribution is 7.90. The van der Waals surface area contributed by atoms with Crippen LogP contribution in [0.3, 0.4) is 0 Å². The monoisotopic (exact) mass is 280 g/mol. The summed E-state index contributed by atoms with van der Waals surface area (Å²) in [6.07, 6.45) is 3.05. The molecular weight excluding hydrogens is 264 g/mol. The third-order valence-electron chi connectivity index (χ3n) is 3.46. The summed E-state index contributed by atoms with van der Waals surface area (Å²) in [6.45, 7) is 0.996. The minimum Gasteiger partial charge on any atom is -0.314 e. The van der Waals surface area contributed by atoms with Crippen LogP contribution in [-0.4, -0.2) is 37.8 Å². The molecule has 5 nitrogen and oxygen atoms in total. The Kier molecular flexibility index (Phi) is 3.06. The lowest BCUT2D eigenvalue weighted by Crippen LogP contribution is -2.33. The highest BCUT2D eigenvalue weighted by Gasteiger charge is 2.40. The number of amides is 1. The van der Waals surface area contributed by atoms with E-state index in [1.54, 1.807) is 18.2 Å². The zero-order chi connectivity index (χ0) is 13.5. The number of sulfonamides is 1. The van der Waals surface area contributed by atoms with E-state index < -0.39 is 15.9 Å². The van der Waals surface area contributed by atoms with Gasteiger partial charge in [-0.05, 0) is 37.9 Å². The lowest BCUT2D eigenvalue weighted by Gasteiger charge is -2.14. The van der Waals surface area contributed by atoms with Crippen LogP contribution in [0.4, 0.5) is 0 Å². The average Bonchev–Trinajstić information content (AvgIpc) is 3.19. The molecule has 1 aromatic rings. The van der Waals surface area contributed by atoms with Gasteiger partial charge in [-0.15, -0.1) is 0 Å². The molecular formula is C13H16N2O3S. The first-order chi connectivity index (χ1) is 9.10. The largest absolute Gasteiger partial charge is 0.314 e. The van der Waals surface area contributed by atoms with Crippen LogP contribution in [0, 0.1) is 0 Å². The summed E-state index contributed by atoms with van der Waals surface area (Å²) in [4.78, 5) is 12.2. The van der Waals surface area contributed by atoms with Crippen LogP contribution in [0.5, 0.6) is 0 Å². The van der Waals surface area contributed by atoms with Crippen LogP contribution in [0.2, 0.25) is 0 Å². The van der Waals surface area contributed by atoms with Gasteiger partial charge in [0.15, 0.2) is 0 Å². The molecule has 0 saturated heterocycles. The van der Waals surface area contributed by atoms with E-state index in [-0.39, 0.29) is 17.0 Å². The Bertz CT molecular complexity index is 608. The molecule has 0 bridgehead atoms. The predicted octanol–water partition coefficient (Wildman–Crippen LogP) is 0.973. The van der Waals surface area contributed by atoms with Crippen molar-refractivity contribution in [2.24, 2.45) is 0 Å². The van der Waals surface area contributed by atoms with Crippen molar-refractivity contribution in [2.75, 3.05) is 13.1 Å². The third-order valence-corrected chi connectivity index (χ3v) is 5.30. The van der Waals surface area contributed by atoms with Crippen LogP contribution < -0.4 is 5.32 Å². The topological polar surface area (TPSA) is 66.5 Å². The van der Waals surface area contributed by atoms with Gasteiger partial charge in [-0.1, -0.05) is 12.1 Å². The zero-order valence-electron chi connectivity index (χ0n) is 10.5. The summed E-state index contributed by atoms with van der Waals surface area (Å²) < 4.78 is 25.4. The Balaban J connectivity index is 1.70. The summed E-state index contributed by atoms with van der Waals surface area (Å²) in [7, 11) is -3.62. The maximum Gasteiger partial charge on any atom is 0.269 e. The lowest BCUT2D eigenvalue weighted by atomic mass is 10.2. The minimum atomic E-state index is -3.62. The average molecular weight is 280 g/mol. The van der Waals surface area contributed by atoms with Crippen LogP contribution >= 0.6 is 0 Å². The molecule has 1 aliphatic heterocycles. The summed E-state index contributed by atoms with van der Waals surface area (Å²) in [5, 5.41) is 3.31. The number of nitrogens with zero attached hydrogens (tertiary/aromatic N) is 1. The van der Waals surface area contributed by atoms with Crippen molar-refractivity contribution in [2.45, 2.75) is 30.2 Å². The van der Waals surface area contributed by atoms with E-state index in [9.17, 15) is 13.2 Å². The van der Waals surface area contributed by atoms with Gasteiger partial charge in [0.2, 0.25) is 0 Å². The van der Waals surface area contributed by atoms with E-state index in [1.807, 2.05) is 0 Å². The van der Waals surface area contributed by atoms with Gasteiger partial charge in [0.25, 0.3) is 15.9 Å². The van der Waals surface area contributed by atoms with Crippen molar-refractivity contribution < 1.29 is 13.2 Å². The summed E-state index contributed by atoms with van der Waals surface area (Å²) in [5.74, 6) is -0.401. The molecule has 1 N–H and O–H groups in total. The standard InChI is InChI=1S/C13H16N2O3S/c16-13-11-4-1-2-5-12(11)19(17,18)15(13)9-3-8-14-10-6-7-10/h1-2,4-5,10,14H,3,6-9H2. The molecule has 1 heterocycles. The first-order valence-corrected chi connectivity index (χ1v) is 7.94. The van der Waals surface area contributed by atoms with Gasteiger partial charge < -0.3 is 5.32 Å². The van der Waals surface area contributed by atoms with Crippen molar-refractivity contribution in [3.8, 4) is 0 Å². The number of benzene rings is 1. The van der Waals surface area contributed by atoms with E-state index in [0.29, 0.717) is 12.5 Å². The molecule has 3 rings (SSSR count). The molecule has 1 aliphatic carbocycles. The Labute approximate surface area is 112 Å². The van der Waals surface area contributed by atoms with Crippen LogP contribution in [0.1, 0.15) is 29.6 Å². The van der Waals surface area contributed by atoms with Gasteiger partial charge in [-0.3, -0.25) is 4.79 Å². The second kappa shape index (κ2) is 4.61. The van der Waals surface area contributed by atoms with Crippen LogP contribution in [0.15, 0.2) is 29.2 Å². The van der Waals surface area contributed by atoms with Crippen molar-refractivity contribution in [3.05, 3.63) is 29.8 Å². The molecule has 0 spiro atoms. The molecule has 19 heavy (non-hydrogen) atoms. The maximum absolute atomic E-state index is 12.2. The molecule has 0 aromatic heterocycles.